The number of benzene rings is 1. The van der Waals surface area contributed by atoms with E-state index in [2.05, 4.69) is 15.5 Å². The number of ketones is 1. The van der Waals surface area contributed by atoms with Crippen molar-refractivity contribution in [2.24, 2.45) is 5.10 Å². The fourth-order valence-corrected chi connectivity index (χ4v) is 3.40. The first-order valence-electron chi connectivity index (χ1n) is 9.59. The number of carbonyl (C=O) groups excluding carboxylic acids is 2. The monoisotopic (exact) mass is 427 g/mol. The molecule has 0 atom stereocenters. The topological polar surface area (TPSA) is 119 Å². The van der Waals surface area contributed by atoms with Crippen molar-refractivity contribution in [3.8, 4) is 0 Å². The predicted molar refractivity (Wildman–Crippen MR) is 118 cm³/mol. The molecule has 0 aliphatic carbocycles. The van der Waals surface area contributed by atoms with Crippen LogP contribution in [0.3, 0.4) is 0 Å². The molecule has 0 aliphatic rings. The van der Waals surface area contributed by atoms with Crippen LogP contribution in [0.4, 0.5) is 5.69 Å². The molecule has 0 radical (unpaired) electrons. The number of nitro benzene ring substituents is 1. The van der Waals surface area contributed by atoms with E-state index in [1.54, 1.807) is 35.1 Å². The molecule has 3 aromatic heterocycles. The molecule has 0 bridgehead atoms. The van der Waals surface area contributed by atoms with Gasteiger partial charge in [-0.05, 0) is 48.9 Å². The van der Waals surface area contributed by atoms with E-state index in [1.807, 2.05) is 25.1 Å². The highest BCUT2D eigenvalue weighted by molar-refractivity contribution is 6.12. The number of fused-ring (bicyclic) bond motifs is 1. The number of amides is 1. The lowest BCUT2D eigenvalue weighted by Gasteiger charge is -2.03. The molecule has 0 spiro atoms. The molecule has 0 saturated heterocycles. The smallest absolute Gasteiger partial charge is 0.271 e. The maximum Gasteiger partial charge on any atom is 0.271 e. The van der Waals surface area contributed by atoms with Gasteiger partial charge in [-0.2, -0.15) is 5.10 Å². The first kappa shape index (κ1) is 20.6. The van der Waals surface area contributed by atoms with Gasteiger partial charge in [-0.15, -0.1) is 0 Å². The van der Waals surface area contributed by atoms with Crippen LogP contribution >= 0.6 is 0 Å². The van der Waals surface area contributed by atoms with Gasteiger partial charge in [0.25, 0.3) is 11.6 Å². The third-order valence-electron chi connectivity index (χ3n) is 4.99. The van der Waals surface area contributed by atoms with Crippen molar-refractivity contribution in [2.75, 3.05) is 0 Å². The van der Waals surface area contributed by atoms with Crippen LogP contribution in [0, 0.1) is 17.0 Å². The number of carbonyl (C=O) groups is 2. The van der Waals surface area contributed by atoms with Crippen molar-refractivity contribution in [3.05, 3.63) is 111 Å². The summed E-state index contributed by atoms with van der Waals surface area (Å²) in [7, 11) is 0. The Bertz CT molecular complexity index is 1360. The number of rotatable bonds is 6. The maximum atomic E-state index is 13.1. The van der Waals surface area contributed by atoms with Crippen molar-refractivity contribution in [3.63, 3.8) is 0 Å². The zero-order valence-corrected chi connectivity index (χ0v) is 16.9. The van der Waals surface area contributed by atoms with Gasteiger partial charge >= 0.3 is 0 Å². The first-order valence-corrected chi connectivity index (χ1v) is 9.59. The number of hydrazone groups is 1. The lowest BCUT2D eigenvalue weighted by atomic mass is 10.1. The summed E-state index contributed by atoms with van der Waals surface area (Å²) in [6.07, 6.45) is 6.41. The van der Waals surface area contributed by atoms with Gasteiger partial charge in [-0.1, -0.05) is 6.07 Å². The van der Waals surface area contributed by atoms with Crippen LogP contribution in [-0.2, 0) is 0 Å². The summed E-state index contributed by atoms with van der Waals surface area (Å²) in [6, 6.07) is 14.1. The van der Waals surface area contributed by atoms with E-state index in [9.17, 15) is 19.7 Å². The van der Waals surface area contributed by atoms with Gasteiger partial charge in [0.15, 0.2) is 0 Å². The van der Waals surface area contributed by atoms with Gasteiger partial charge < -0.3 is 4.40 Å². The van der Waals surface area contributed by atoms with Crippen molar-refractivity contribution < 1.29 is 14.5 Å². The Kier molecular flexibility index (Phi) is 5.54. The number of nitrogens with zero attached hydrogens (tertiary/aromatic N) is 4. The van der Waals surface area contributed by atoms with Crippen molar-refractivity contribution >= 4 is 29.1 Å². The van der Waals surface area contributed by atoms with Crippen LogP contribution < -0.4 is 5.43 Å². The normalized spacial score (nSPS) is 11.0. The summed E-state index contributed by atoms with van der Waals surface area (Å²) < 4.78 is 1.79. The van der Waals surface area contributed by atoms with E-state index < -0.39 is 10.8 Å². The predicted octanol–water partition coefficient (Wildman–Crippen LogP) is 3.55. The van der Waals surface area contributed by atoms with Crippen molar-refractivity contribution in [1.29, 1.82) is 0 Å². The average molecular weight is 427 g/mol. The lowest BCUT2D eigenvalue weighted by molar-refractivity contribution is -0.384. The third-order valence-corrected chi connectivity index (χ3v) is 4.99. The quantitative estimate of drug-likeness (QED) is 0.218. The summed E-state index contributed by atoms with van der Waals surface area (Å²) in [4.78, 5) is 39.6. The zero-order valence-electron chi connectivity index (χ0n) is 16.9. The number of pyridine rings is 2. The molecular formula is C23H17N5O4. The molecular weight excluding hydrogens is 410 g/mol. The highest BCUT2D eigenvalue weighted by Gasteiger charge is 2.20. The molecule has 0 aliphatic heterocycles. The lowest BCUT2D eigenvalue weighted by Crippen LogP contribution is -2.17. The summed E-state index contributed by atoms with van der Waals surface area (Å²) in [5.41, 5.74) is 5.72. The second-order valence-corrected chi connectivity index (χ2v) is 6.91. The van der Waals surface area contributed by atoms with Gasteiger partial charge in [-0.25, -0.2) is 5.43 Å². The second kappa shape index (κ2) is 8.60. The second-order valence-electron chi connectivity index (χ2n) is 6.91. The standard InChI is InChI=1S/C23H17N5O4/c1-15-19(14-25-26-23(30)17-5-7-18(8-6-17)28(31)32)20-4-2-3-13-27(20)21(15)22(29)16-9-11-24-12-10-16/h2-14H,1H3,(H,26,30)/b25-14+. The fraction of sp³-hybridized carbons (Fsp3) is 0.0435. The number of nitrogens with one attached hydrogen (secondary N) is 1. The molecule has 1 N–H and O–H groups in total. The molecule has 9 heteroatoms. The Balaban J connectivity index is 1.63. The number of hydrogen-bond donors (Lipinski definition) is 1. The largest absolute Gasteiger partial charge is 0.313 e. The summed E-state index contributed by atoms with van der Waals surface area (Å²) in [5, 5.41) is 14.8. The highest BCUT2D eigenvalue weighted by atomic mass is 16.6. The Hall–Kier alpha value is -4.66. The van der Waals surface area contributed by atoms with Crippen molar-refractivity contribution in [1.82, 2.24) is 14.8 Å². The Morgan fingerprint density at radius 3 is 2.47 bits per heavy atom. The maximum absolute atomic E-state index is 13.1. The molecule has 158 valence electrons. The number of non-ortho nitro benzene ring substituents is 1. The molecule has 3 heterocycles. The molecule has 32 heavy (non-hydrogen) atoms. The van der Waals surface area contributed by atoms with Crippen LogP contribution in [-0.4, -0.2) is 32.2 Å². The molecule has 0 unspecified atom stereocenters. The fourth-order valence-electron chi connectivity index (χ4n) is 3.40. The van der Waals surface area contributed by atoms with Gasteiger partial charge in [0.2, 0.25) is 5.78 Å². The molecule has 1 aromatic carbocycles. The van der Waals surface area contributed by atoms with Crippen LogP contribution in [0.5, 0.6) is 0 Å². The Labute approximate surface area is 182 Å². The van der Waals surface area contributed by atoms with Crippen LogP contribution in [0.25, 0.3) is 5.52 Å². The van der Waals surface area contributed by atoms with E-state index in [4.69, 9.17) is 0 Å². The molecule has 1 amide bonds. The van der Waals surface area contributed by atoms with Gasteiger partial charge in [0.05, 0.1) is 22.3 Å². The molecule has 0 fully saturated rings. The highest BCUT2D eigenvalue weighted by Crippen LogP contribution is 2.24. The zero-order chi connectivity index (χ0) is 22.7. The number of aromatic nitrogens is 2. The Morgan fingerprint density at radius 1 is 1.06 bits per heavy atom. The van der Waals surface area contributed by atoms with E-state index in [-0.39, 0.29) is 17.0 Å². The van der Waals surface area contributed by atoms with Gasteiger partial charge in [0.1, 0.15) is 0 Å². The van der Waals surface area contributed by atoms with Gasteiger partial charge in [0, 0.05) is 47.4 Å². The summed E-state index contributed by atoms with van der Waals surface area (Å²) in [6.45, 7) is 1.82. The van der Waals surface area contributed by atoms with Crippen LogP contribution in [0.1, 0.15) is 37.5 Å². The third kappa shape index (κ3) is 3.86. The molecule has 4 rings (SSSR count). The van der Waals surface area contributed by atoms with Gasteiger partial charge in [-0.3, -0.25) is 24.7 Å². The minimum absolute atomic E-state index is 0.104. The summed E-state index contributed by atoms with van der Waals surface area (Å²) in [5.74, 6) is -0.661. The Morgan fingerprint density at radius 2 is 1.78 bits per heavy atom. The minimum atomic E-state index is -0.536. The number of nitro groups is 1. The number of hydrogen-bond acceptors (Lipinski definition) is 6. The minimum Gasteiger partial charge on any atom is -0.313 e. The summed E-state index contributed by atoms with van der Waals surface area (Å²) >= 11 is 0. The van der Waals surface area contributed by atoms with E-state index >= 15 is 0 Å². The van der Waals surface area contributed by atoms with E-state index in [1.165, 1.54) is 30.5 Å². The van der Waals surface area contributed by atoms with E-state index in [0.717, 1.165) is 5.52 Å². The van der Waals surface area contributed by atoms with E-state index in [0.29, 0.717) is 22.4 Å². The average Bonchev–Trinajstić information content (AvgIpc) is 3.10. The van der Waals surface area contributed by atoms with Crippen molar-refractivity contribution in [2.45, 2.75) is 6.92 Å². The molecule has 0 saturated carbocycles. The molecule has 9 nitrogen and oxygen atoms in total. The SMILES string of the molecule is Cc1c(/C=N/NC(=O)c2ccc([N+](=O)[O-])cc2)c2ccccn2c1C(=O)c1ccncc1. The van der Waals surface area contributed by atoms with Crippen LogP contribution in [0.2, 0.25) is 0 Å². The molecule has 4 aromatic rings. The van der Waals surface area contributed by atoms with Crippen LogP contribution in [0.15, 0.2) is 78.3 Å². The first-order chi connectivity index (χ1) is 15.5.